The highest BCUT2D eigenvalue weighted by Gasteiger charge is 2.08. The van der Waals surface area contributed by atoms with Crippen molar-refractivity contribution in [3.05, 3.63) is 71.9 Å². The highest BCUT2D eigenvalue weighted by molar-refractivity contribution is 5.82. The lowest BCUT2D eigenvalue weighted by molar-refractivity contribution is -0.107. The molecule has 3 aromatic rings. The highest BCUT2D eigenvalue weighted by Crippen LogP contribution is 2.21. The van der Waals surface area contributed by atoms with Crippen LogP contribution in [0.15, 0.2) is 60.7 Å². The van der Waals surface area contributed by atoms with Crippen LogP contribution in [-0.2, 0) is 17.8 Å². The van der Waals surface area contributed by atoms with Crippen molar-refractivity contribution in [2.75, 3.05) is 0 Å². The number of fused-ring (bicyclic) bond motifs is 1. The molecule has 0 aliphatic carbocycles. The smallest absolute Gasteiger partial charge is 0.125 e. The van der Waals surface area contributed by atoms with Crippen molar-refractivity contribution in [1.29, 1.82) is 0 Å². The fourth-order valence-electron chi connectivity index (χ4n) is 2.47. The summed E-state index contributed by atoms with van der Waals surface area (Å²) in [6.45, 7) is 0.803. The second-order valence-electron chi connectivity index (χ2n) is 4.64. The molecule has 0 aliphatic rings. The van der Waals surface area contributed by atoms with Crippen molar-refractivity contribution in [2.24, 2.45) is 0 Å². The molecule has 0 saturated heterocycles. The van der Waals surface area contributed by atoms with Crippen LogP contribution in [0.25, 0.3) is 10.9 Å². The Morgan fingerprint density at radius 1 is 0.947 bits per heavy atom. The maximum atomic E-state index is 10.8. The molecule has 0 amide bonds. The number of benzene rings is 2. The first-order valence-electron chi connectivity index (χ1n) is 6.43. The van der Waals surface area contributed by atoms with Crippen LogP contribution in [0, 0.1) is 0 Å². The summed E-state index contributed by atoms with van der Waals surface area (Å²) >= 11 is 0. The molecule has 0 radical (unpaired) electrons. The average Bonchev–Trinajstić information content (AvgIpc) is 2.79. The number of hydrogen-bond donors (Lipinski definition) is 0. The molecule has 94 valence electrons. The zero-order valence-electron chi connectivity index (χ0n) is 10.6. The molecule has 0 N–H and O–H groups in total. The van der Waals surface area contributed by atoms with Crippen LogP contribution >= 0.6 is 0 Å². The normalized spacial score (nSPS) is 10.7. The molecule has 3 rings (SSSR count). The van der Waals surface area contributed by atoms with Gasteiger partial charge in [-0.15, -0.1) is 0 Å². The average molecular weight is 249 g/mol. The maximum absolute atomic E-state index is 10.8. The van der Waals surface area contributed by atoms with Crippen molar-refractivity contribution >= 4 is 17.2 Å². The highest BCUT2D eigenvalue weighted by atomic mass is 16.1. The van der Waals surface area contributed by atoms with E-state index in [0.717, 1.165) is 18.5 Å². The monoisotopic (exact) mass is 249 g/mol. The topological polar surface area (TPSA) is 22.0 Å². The lowest BCUT2D eigenvalue weighted by atomic mass is 10.2. The largest absolute Gasteiger partial charge is 0.340 e. The number of aromatic nitrogens is 1. The Hall–Kier alpha value is -2.35. The van der Waals surface area contributed by atoms with Crippen LogP contribution in [0.1, 0.15) is 11.3 Å². The van der Waals surface area contributed by atoms with Crippen LogP contribution < -0.4 is 0 Å². The van der Waals surface area contributed by atoms with Gasteiger partial charge >= 0.3 is 0 Å². The molecule has 0 atom stereocenters. The van der Waals surface area contributed by atoms with Crippen molar-refractivity contribution in [1.82, 2.24) is 4.57 Å². The van der Waals surface area contributed by atoms with E-state index in [1.165, 1.54) is 16.5 Å². The van der Waals surface area contributed by atoms with E-state index in [-0.39, 0.29) is 0 Å². The fraction of sp³-hybridized carbons (Fsp3) is 0.118. The van der Waals surface area contributed by atoms with E-state index < -0.39 is 0 Å². The summed E-state index contributed by atoms with van der Waals surface area (Å²) in [6.07, 6.45) is 1.43. The van der Waals surface area contributed by atoms with Crippen LogP contribution in [0.3, 0.4) is 0 Å². The van der Waals surface area contributed by atoms with Gasteiger partial charge in [-0.1, -0.05) is 48.5 Å². The summed E-state index contributed by atoms with van der Waals surface area (Å²) in [5.41, 5.74) is 3.50. The van der Waals surface area contributed by atoms with Crippen molar-refractivity contribution in [3.63, 3.8) is 0 Å². The number of hydrogen-bond acceptors (Lipinski definition) is 1. The molecule has 19 heavy (non-hydrogen) atoms. The Bertz CT molecular complexity index is 698. The van der Waals surface area contributed by atoms with Gasteiger partial charge in [-0.3, -0.25) is 0 Å². The van der Waals surface area contributed by atoms with E-state index in [9.17, 15) is 4.79 Å². The van der Waals surface area contributed by atoms with Crippen LogP contribution in [0.4, 0.5) is 0 Å². The number of aldehydes is 1. The summed E-state index contributed by atoms with van der Waals surface area (Å²) in [7, 11) is 0. The Labute approximate surface area is 112 Å². The molecule has 1 heterocycles. The Balaban J connectivity index is 2.09. The standard InChI is InChI=1S/C17H15NO/c19-11-10-16-12-15-8-4-5-9-17(15)18(16)13-14-6-2-1-3-7-14/h1-9,11-12H,10,13H2. The number of carbonyl (C=O) groups excluding carboxylic acids is 1. The molecule has 0 spiro atoms. The summed E-state index contributed by atoms with van der Waals surface area (Å²) in [5.74, 6) is 0. The minimum absolute atomic E-state index is 0.460. The third-order valence-corrected chi connectivity index (χ3v) is 3.37. The van der Waals surface area contributed by atoms with Crippen molar-refractivity contribution in [2.45, 2.75) is 13.0 Å². The molecular weight excluding hydrogens is 234 g/mol. The van der Waals surface area contributed by atoms with Gasteiger partial charge < -0.3 is 9.36 Å². The number of para-hydroxylation sites is 1. The second kappa shape index (κ2) is 5.11. The minimum atomic E-state index is 0.460. The molecule has 1 aromatic heterocycles. The summed E-state index contributed by atoms with van der Waals surface area (Å²) in [6, 6.07) is 20.7. The molecule has 0 bridgehead atoms. The predicted molar refractivity (Wildman–Crippen MR) is 77.3 cm³/mol. The van der Waals surface area contributed by atoms with Crippen LogP contribution in [0.5, 0.6) is 0 Å². The molecule has 2 heteroatoms. The Kier molecular flexibility index (Phi) is 3.15. The number of carbonyl (C=O) groups is 1. The Morgan fingerprint density at radius 3 is 2.47 bits per heavy atom. The summed E-state index contributed by atoms with van der Waals surface area (Å²) in [5, 5.41) is 1.19. The molecule has 0 unspecified atom stereocenters. The van der Waals surface area contributed by atoms with Gasteiger partial charge in [-0.25, -0.2) is 0 Å². The van der Waals surface area contributed by atoms with Gasteiger partial charge in [0.1, 0.15) is 6.29 Å². The van der Waals surface area contributed by atoms with Crippen molar-refractivity contribution in [3.8, 4) is 0 Å². The van der Waals surface area contributed by atoms with E-state index in [2.05, 4.69) is 34.9 Å². The van der Waals surface area contributed by atoms with Crippen molar-refractivity contribution < 1.29 is 4.79 Å². The molecule has 0 aliphatic heterocycles. The van der Waals surface area contributed by atoms with E-state index in [4.69, 9.17) is 0 Å². The predicted octanol–water partition coefficient (Wildman–Crippen LogP) is 3.43. The lowest BCUT2D eigenvalue weighted by Crippen LogP contribution is -2.04. The SMILES string of the molecule is O=CCc1cc2ccccc2n1Cc1ccccc1. The van der Waals surface area contributed by atoms with E-state index in [1.54, 1.807) is 0 Å². The van der Waals surface area contributed by atoms with E-state index in [0.29, 0.717) is 6.42 Å². The van der Waals surface area contributed by atoms with Gasteiger partial charge in [0.05, 0.1) is 0 Å². The number of nitrogens with zero attached hydrogens (tertiary/aromatic N) is 1. The van der Waals surface area contributed by atoms with Gasteiger partial charge in [0, 0.05) is 24.2 Å². The molecule has 2 nitrogen and oxygen atoms in total. The molecule has 2 aromatic carbocycles. The quantitative estimate of drug-likeness (QED) is 0.649. The van der Waals surface area contributed by atoms with E-state index in [1.807, 2.05) is 30.3 Å². The Morgan fingerprint density at radius 2 is 1.68 bits per heavy atom. The zero-order chi connectivity index (χ0) is 13.1. The first kappa shape index (κ1) is 11.7. The van der Waals surface area contributed by atoms with Crippen LogP contribution in [0.2, 0.25) is 0 Å². The fourth-order valence-corrected chi connectivity index (χ4v) is 2.47. The van der Waals surface area contributed by atoms with Gasteiger partial charge in [0.15, 0.2) is 0 Å². The minimum Gasteiger partial charge on any atom is -0.340 e. The van der Waals surface area contributed by atoms with Crippen LogP contribution in [-0.4, -0.2) is 10.9 Å². The van der Waals surface area contributed by atoms with Gasteiger partial charge in [-0.2, -0.15) is 0 Å². The zero-order valence-corrected chi connectivity index (χ0v) is 10.6. The molecule has 0 fully saturated rings. The number of rotatable bonds is 4. The van der Waals surface area contributed by atoms with Gasteiger partial charge in [0.25, 0.3) is 0 Å². The molecule has 0 saturated carbocycles. The molecular formula is C17H15NO. The lowest BCUT2D eigenvalue weighted by Gasteiger charge is -2.09. The van der Waals surface area contributed by atoms with Gasteiger partial charge in [0.2, 0.25) is 0 Å². The summed E-state index contributed by atoms with van der Waals surface area (Å²) < 4.78 is 2.22. The first-order chi connectivity index (χ1) is 9.38. The second-order valence-corrected chi connectivity index (χ2v) is 4.64. The maximum Gasteiger partial charge on any atom is 0.125 e. The summed E-state index contributed by atoms with van der Waals surface area (Å²) in [4.78, 5) is 10.8. The third-order valence-electron chi connectivity index (χ3n) is 3.37. The van der Waals surface area contributed by atoms with Gasteiger partial charge in [-0.05, 0) is 23.1 Å². The first-order valence-corrected chi connectivity index (χ1v) is 6.43. The third kappa shape index (κ3) is 2.29. The van der Waals surface area contributed by atoms with E-state index >= 15 is 0 Å².